The molecule has 0 spiro atoms. The molecule has 144 valence electrons. The van der Waals surface area contributed by atoms with Crippen LogP contribution in [0.25, 0.3) is 11.8 Å². The Balaban J connectivity index is 1.72. The van der Waals surface area contributed by atoms with Gasteiger partial charge in [-0.2, -0.15) is 5.10 Å². The minimum Gasteiger partial charge on any atom is -0.362 e. The molecule has 0 aliphatic carbocycles. The first-order chi connectivity index (χ1) is 14.3. The van der Waals surface area contributed by atoms with E-state index in [0.29, 0.717) is 6.61 Å². The van der Waals surface area contributed by atoms with Crippen molar-refractivity contribution in [1.29, 1.82) is 0 Å². The van der Waals surface area contributed by atoms with Crippen LogP contribution in [0.1, 0.15) is 22.8 Å². The van der Waals surface area contributed by atoms with E-state index in [1.807, 2.05) is 48.5 Å². The molecule has 0 saturated carbocycles. The molecule has 0 radical (unpaired) electrons. The number of rotatable bonds is 7. The van der Waals surface area contributed by atoms with Crippen molar-refractivity contribution < 1.29 is 4.74 Å². The van der Waals surface area contributed by atoms with Gasteiger partial charge in [-0.05, 0) is 34.9 Å². The number of halogens is 1. The van der Waals surface area contributed by atoms with E-state index in [-0.39, 0.29) is 6.10 Å². The van der Waals surface area contributed by atoms with Crippen molar-refractivity contribution in [3.8, 4) is 0 Å². The SMILES string of the molecule is Brc1ccc(COC(C(=Cc2ccccc2)n2cncn2)c2ccccc2)cc1. The first-order valence-corrected chi connectivity index (χ1v) is 10.1. The Kier molecular flexibility index (Phi) is 6.29. The number of aromatic nitrogens is 3. The Hall–Kier alpha value is -3.02. The minimum absolute atomic E-state index is 0.304. The molecule has 0 bridgehead atoms. The molecule has 0 aliphatic rings. The first kappa shape index (κ1) is 19.3. The average Bonchev–Trinajstić information content (AvgIpc) is 3.30. The molecule has 4 rings (SSSR count). The van der Waals surface area contributed by atoms with Gasteiger partial charge in [0, 0.05) is 4.47 Å². The maximum Gasteiger partial charge on any atom is 0.138 e. The molecule has 29 heavy (non-hydrogen) atoms. The normalized spacial score (nSPS) is 12.7. The summed E-state index contributed by atoms with van der Waals surface area (Å²) in [4.78, 5) is 4.14. The molecular weight excluding hydrogens is 426 g/mol. The van der Waals surface area contributed by atoms with Crippen LogP contribution in [-0.2, 0) is 11.3 Å². The van der Waals surface area contributed by atoms with Crippen LogP contribution < -0.4 is 0 Å². The molecule has 4 nitrogen and oxygen atoms in total. The predicted molar refractivity (Wildman–Crippen MR) is 119 cm³/mol. The van der Waals surface area contributed by atoms with Gasteiger partial charge in [-0.1, -0.05) is 88.7 Å². The highest BCUT2D eigenvalue weighted by Gasteiger charge is 2.20. The van der Waals surface area contributed by atoms with Crippen molar-refractivity contribution in [2.24, 2.45) is 0 Å². The highest BCUT2D eigenvalue weighted by atomic mass is 79.9. The molecule has 4 aromatic rings. The topological polar surface area (TPSA) is 39.9 Å². The number of hydrogen-bond donors (Lipinski definition) is 0. The lowest BCUT2D eigenvalue weighted by molar-refractivity contribution is 0.0747. The number of hydrogen-bond acceptors (Lipinski definition) is 3. The zero-order chi connectivity index (χ0) is 19.9. The fraction of sp³-hybridized carbons (Fsp3) is 0.0833. The fourth-order valence-electron chi connectivity index (χ4n) is 3.06. The van der Waals surface area contributed by atoms with Crippen LogP contribution >= 0.6 is 15.9 Å². The van der Waals surface area contributed by atoms with E-state index in [0.717, 1.165) is 26.9 Å². The van der Waals surface area contributed by atoms with E-state index in [1.165, 1.54) is 6.33 Å². The Bertz CT molecular complexity index is 1050. The summed E-state index contributed by atoms with van der Waals surface area (Å²) >= 11 is 3.48. The first-order valence-electron chi connectivity index (χ1n) is 9.32. The largest absolute Gasteiger partial charge is 0.362 e. The Labute approximate surface area is 178 Å². The summed E-state index contributed by atoms with van der Waals surface area (Å²) < 4.78 is 9.26. The van der Waals surface area contributed by atoms with Crippen molar-refractivity contribution in [3.05, 3.63) is 119 Å². The second kappa shape index (κ2) is 9.45. The molecule has 0 saturated heterocycles. The zero-order valence-corrected chi connectivity index (χ0v) is 17.3. The smallest absolute Gasteiger partial charge is 0.138 e. The van der Waals surface area contributed by atoms with Crippen molar-refractivity contribution in [1.82, 2.24) is 14.8 Å². The van der Waals surface area contributed by atoms with Crippen molar-refractivity contribution in [2.75, 3.05) is 0 Å². The minimum atomic E-state index is -0.304. The van der Waals surface area contributed by atoms with Crippen molar-refractivity contribution in [3.63, 3.8) is 0 Å². The maximum atomic E-state index is 6.44. The van der Waals surface area contributed by atoms with E-state index in [9.17, 15) is 0 Å². The van der Waals surface area contributed by atoms with Crippen LogP contribution in [0.2, 0.25) is 0 Å². The lowest BCUT2D eigenvalue weighted by atomic mass is 10.0. The lowest BCUT2D eigenvalue weighted by Crippen LogP contribution is -2.12. The van der Waals surface area contributed by atoms with Crippen LogP contribution in [0.3, 0.4) is 0 Å². The third-order valence-electron chi connectivity index (χ3n) is 4.50. The van der Waals surface area contributed by atoms with Gasteiger partial charge in [0.2, 0.25) is 0 Å². The van der Waals surface area contributed by atoms with Gasteiger partial charge < -0.3 is 4.74 Å². The average molecular weight is 446 g/mol. The Morgan fingerprint density at radius 1 is 0.931 bits per heavy atom. The summed E-state index contributed by atoms with van der Waals surface area (Å²) in [5, 5.41) is 4.38. The van der Waals surface area contributed by atoms with Crippen LogP contribution in [0.15, 0.2) is 102 Å². The van der Waals surface area contributed by atoms with Crippen molar-refractivity contribution >= 4 is 27.7 Å². The summed E-state index contributed by atoms with van der Waals surface area (Å²) in [5.41, 5.74) is 4.14. The van der Waals surface area contributed by atoms with Crippen molar-refractivity contribution in [2.45, 2.75) is 12.7 Å². The second-order valence-corrected chi connectivity index (χ2v) is 7.46. The van der Waals surface area contributed by atoms with Gasteiger partial charge in [-0.25, -0.2) is 9.67 Å². The maximum absolute atomic E-state index is 6.44. The summed E-state index contributed by atoms with van der Waals surface area (Å²) in [6.07, 6.45) is 5.03. The third-order valence-corrected chi connectivity index (χ3v) is 5.03. The van der Waals surface area contributed by atoms with Crippen LogP contribution in [0.5, 0.6) is 0 Å². The molecular formula is C24H20BrN3O. The Morgan fingerprint density at radius 2 is 1.62 bits per heavy atom. The van der Waals surface area contributed by atoms with Crippen LogP contribution in [0.4, 0.5) is 0 Å². The molecule has 0 N–H and O–H groups in total. The summed E-state index contributed by atoms with van der Waals surface area (Å²) in [7, 11) is 0. The van der Waals surface area contributed by atoms with E-state index >= 15 is 0 Å². The number of benzene rings is 3. The highest BCUT2D eigenvalue weighted by molar-refractivity contribution is 9.10. The molecule has 1 atom stereocenters. The predicted octanol–water partition coefficient (Wildman–Crippen LogP) is 6.00. The Morgan fingerprint density at radius 3 is 2.28 bits per heavy atom. The highest BCUT2D eigenvalue weighted by Crippen LogP contribution is 2.31. The zero-order valence-electron chi connectivity index (χ0n) is 15.7. The van der Waals surface area contributed by atoms with Gasteiger partial charge in [0.1, 0.15) is 18.8 Å². The molecule has 0 aliphatic heterocycles. The lowest BCUT2D eigenvalue weighted by Gasteiger charge is -2.22. The van der Waals surface area contributed by atoms with Gasteiger partial charge in [0.15, 0.2) is 0 Å². The number of nitrogens with zero attached hydrogens (tertiary/aromatic N) is 3. The molecule has 0 fully saturated rings. The molecule has 1 aromatic heterocycles. The molecule has 5 heteroatoms. The van der Waals surface area contributed by atoms with E-state index in [1.54, 1.807) is 11.0 Å². The van der Waals surface area contributed by atoms with E-state index in [4.69, 9.17) is 4.74 Å². The van der Waals surface area contributed by atoms with Gasteiger partial charge in [0.25, 0.3) is 0 Å². The fourth-order valence-corrected chi connectivity index (χ4v) is 3.33. The van der Waals surface area contributed by atoms with E-state index < -0.39 is 0 Å². The van der Waals surface area contributed by atoms with Crippen LogP contribution in [0, 0.1) is 0 Å². The van der Waals surface area contributed by atoms with Crippen LogP contribution in [-0.4, -0.2) is 14.8 Å². The van der Waals surface area contributed by atoms with E-state index in [2.05, 4.69) is 68.5 Å². The summed E-state index contributed by atoms with van der Waals surface area (Å²) in [6, 6.07) is 28.5. The summed E-state index contributed by atoms with van der Waals surface area (Å²) in [5.74, 6) is 0. The quantitative estimate of drug-likeness (QED) is 0.350. The molecule has 3 aromatic carbocycles. The molecule has 1 unspecified atom stereocenters. The molecule has 0 amide bonds. The second-order valence-electron chi connectivity index (χ2n) is 6.55. The van der Waals surface area contributed by atoms with Gasteiger partial charge in [0.05, 0.1) is 12.3 Å². The third kappa shape index (κ3) is 5.08. The molecule has 1 heterocycles. The summed E-state index contributed by atoms with van der Waals surface area (Å²) in [6.45, 7) is 0.480. The van der Waals surface area contributed by atoms with Gasteiger partial charge in [-0.3, -0.25) is 0 Å². The number of ether oxygens (including phenoxy) is 1. The van der Waals surface area contributed by atoms with Gasteiger partial charge >= 0.3 is 0 Å². The van der Waals surface area contributed by atoms with Gasteiger partial charge in [-0.15, -0.1) is 0 Å². The standard InChI is InChI=1S/C24H20BrN3O/c25-22-13-11-20(12-14-22)16-29-24(21-9-5-2-6-10-21)23(28-18-26-17-27-28)15-19-7-3-1-4-8-19/h1-15,17-18,24H,16H2. The monoisotopic (exact) mass is 445 g/mol.